The predicted octanol–water partition coefficient (Wildman–Crippen LogP) is 7.83. The Labute approximate surface area is 165 Å². The summed E-state index contributed by atoms with van der Waals surface area (Å²) in [5, 5.41) is 0. The zero-order valence-corrected chi connectivity index (χ0v) is 20.0. The van der Waals surface area contributed by atoms with Gasteiger partial charge in [-0.05, 0) is 55.8 Å². The average molecular weight is 430 g/mol. The minimum atomic E-state index is -2.06. The molecule has 0 saturated heterocycles. The molecule has 0 radical (unpaired) electrons. The van der Waals surface area contributed by atoms with E-state index in [1.54, 1.807) is 0 Å². The number of hydrogen-bond acceptors (Lipinski definition) is 2. The van der Waals surface area contributed by atoms with Crippen LogP contribution in [-0.2, 0) is 9.16 Å². The van der Waals surface area contributed by atoms with Crippen LogP contribution in [0.1, 0.15) is 74.7 Å². The molecule has 0 aliphatic heterocycles. The standard InChI is InChI=1S/C21H37BrO2Si/c1-10-21(14-12-11-13-19(21)22)23-20(15(2)3)24-25(16(4)5,17(6)7)18(8)9/h10,13,16-18H,1,11-12,14H2,2-9H3. The first-order valence-corrected chi connectivity index (χ1v) is 12.5. The summed E-state index contributed by atoms with van der Waals surface area (Å²) < 4.78 is 14.5. The van der Waals surface area contributed by atoms with E-state index in [1.807, 2.05) is 6.08 Å². The third-order valence-electron chi connectivity index (χ3n) is 5.47. The van der Waals surface area contributed by atoms with E-state index in [9.17, 15) is 0 Å². The monoisotopic (exact) mass is 428 g/mol. The SMILES string of the molecule is C=CC1(OC(O[Si](C(C)C)(C(C)C)C(C)C)=C(C)C)CCCC=C1Br. The molecule has 0 spiro atoms. The molecule has 0 fully saturated rings. The molecule has 144 valence electrons. The summed E-state index contributed by atoms with van der Waals surface area (Å²) in [6, 6.07) is 0. The quantitative estimate of drug-likeness (QED) is 0.222. The number of hydrogen-bond donors (Lipinski definition) is 0. The minimum Gasteiger partial charge on any atom is -0.518 e. The summed E-state index contributed by atoms with van der Waals surface area (Å²) >= 11 is 3.71. The van der Waals surface area contributed by atoms with Gasteiger partial charge in [0.2, 0.25) is 0 Å². The smallest absolute Gasteiger partial charge is 0.265 e. The van der Waals surface area contributed by atoms with Gasteiger partial charge in [-0.2, -0.15) is 0 Å². The van der Waals surface area contributed by atoms with Crippen LogP contribution in [0, 0.1) is 0 Å². The van der Waals surface area contributed by atoms with E-state index in [0.717, 1.165) is 29.3 Å². The first-order chi connectivity index (χ1) is 11.5. The highest BCUT2D eigenvalue weighted by molar-refractivity contribution is 9.11. The molecule has 1 unspecified atom stereocenters. The normalized spacial score (nSPS) is 21.4. The number of rotatable bonds is 8. The molecule has 25 heavy (non-hydrogen) atoms. The van der Waals surface area contributed by atoms with E-state index < -0.39 is 13.9 Å². The first-order valence-electron chi connectivity index (χ1n) is 9.58. The van der Waals surface area contributed by atoms with Gasteiger partial charge in [0.25, 0.3) is 14.3 Å². The Hall–Kier alpha value is -0.483. The van der Waals surface area contributed by atoms with E-state index in [2.05, 4.69) is 84.0 Å². The van der Waals surface area contributed by atoms with E-state index >= 15 is 0 Å². The summed E-state index contributed by atoms with van der Waals surface area (Å²) in [5.41, 5.74) is 2.11. The van der Waals surface area contributed by atoms with Crippen LogP contribution in [0.15, 0.2) is 34.7 Å². The van der Waals surface area contributed by atoms with Crippen LogP contribution in [-0.4, -0.2) is 13.9 Å². The van der Waals surface area contributed by atoms with Gasteiger partial charge in [0, 0.05) is 10.1 Å². The Kier molecular flexibility index (Phi) is 8.07. The van der Waals surface area contributed by atoms with Crippen LogP contribution >= 0.6 is 15.9 Å². The molecule has 0 heterocycles. The van der Waals surface area contributed by atoms with Crippen LogP contribution in [0.25, 0.3) is 0 Å². The minimum absolute atomic E-state index is 0.504. The molecule has 0 aromatic carbocycles. The third kappa shape index (κ3) is 4.63. The average Bonchev–Trinajstić information content (AvgIpc) is 2.51. The maximum Gasteiger partial charge on any atom is 0.265 e. The molecule has 0 amide bonds. The van der Waals surface area contributed by atoms with Crippen molar-refractivity contribution in [2.24, 2.45) is 0 Å². The summed E-state index contributed by atoms with van der Waals surface area (Å²) in [6.45, 7) is 22.0. The molecule has 0 bridgehead atoms. The van der Waals surface area contributed by atoms with Gasteiger partial charge in [-0.1, -0.05) is 70.1 Å². The second kappa shape index (κ2) is 8.94. The number of halogens is 1. The molecular weight excluding hydrogens is 392 g/mol. The highest BCUT2D eigenvalue weighted by atomic mass is 79.9. The lowest BCUT2D eigenvalue weighted by molar-refractivity contribution is 0.00121. The van der Waals surface area contributed by atoms with Crippen LogP contribution in [0.5, 0.6) is 0 Å². The largest absolute Gasteiger partial charge is 0.518 e. The highest BCUT2D eigenvalue weighted by Gasteiger charge is 2.49. The lowest BCUT2D eigenvalue weighted by atomic mass is 9.91. The van der Waals surface area contributed by atoms with Gasteiger partial charge in [-0.25, -0.2) is 0 Å². The Morgan fingerprint density at radius 3 is 2.04 bits per heavy atom. The summed E-state index contributed by atoms with van der Waals surface area (Å²) in [5.74, 6) is 0.704. The molecule has 1 aliphatic carbocycles. The first kappa shape index (κ1) is 22.6. The van der Waals surface area contributed by atoms with Crippen LogP contribution in [0.4, 0.5) is 0 Å². The van der Waals surface area contributed by atoms with Gasteiger partial charge in [0.1, 0.15) is 0 Å². The molecule has 1 atom stereocenters. The zero-order chi connectivity index (χ0) is 19.4. The molecule has 2 nitrogen and oxygen atoms in total. The van der Waals surface area contributed by atoms with Gasteiger partial charge in [0.15, 0.2) is 5.60 Å². The third-order valence-corrected chi connectivity index (χ3v) is 12.4. The second-order valence-corrected chi connectivity index (χ2v) is 14.6. The van der Waals surface area contributed by atoms with Crippen molar-refractivity contribution in [1.29, 1.82) is 0 Å². The summed E-state index contributed by atoms with van der Waals surface area (Å²) in [6.07, 6.45) is 7.22. The topological polar surface area (TPSA) is 18.5 Å². The number of allylic oxidation sites excluding steroid dienone is 2. The molecule has 1 rings (SSSR count). The molecular formula is C21H37BrO2Si. The molecule has 4 heteroatoms. The number of ether oxygens (including phenoxy) is 1. The van der Waals surface area contributed by atoms with Crippen molar-refractivity contribution in [1.82, 2.24) is 0 Å². The van der Waals surface area contributed by atoms with Crippen molar-refractivity contribution in [2.45, 2.75) is 96.9 Å². The van der Waals surface area contributed by atoms with Gasteiger partial charge in [-0.3, -0.25) is 0 Å². The van der Waals surface area contributed by atoms with E-state index in [1.165, 1.54) is 0 Å². The van der Waals surface area contributed by atoms with Crippen LogP contribution < -0.4 is 0 Å². The van der Waals surface area contributed by atoms with Crippen molar-refractivity contribution in [2.75, 3.05) is 0 Å². The van der Waals surface area contributed by atoms with Gasteiger partial charge in [0.05, 0.1) is 0 Å². The van der Waals surface area contributed by atoms with Crippen LogP contribution in [0.3, 0.4) is 0 Å². The summed E-state index contributed by atoms with van der Waals surface area (Å²) in [4.78, 5) is 0. The van der Waals surface area contributed by atoms with Crippen molar-refractivity contribution in [3.63, 3.8) is 0 Å². The molecule has 0 saturated carbocycles. The van der Waals surface area contributed by atoms with Crippen molar-refractivity contribution in [3.05, 3.63) is 34.7 Å². The van der Waals surface area contributed by atoms with Crippen LogP contribution in [0.2, 0.25) is 16.6 Å². The van der Waals surface area contributed by atoms with E-state index in [-0.39, 0.29) is 0 Å². The Bertz CT molecular complexity index is 508. The van der Waals surface area contributed by atoms with E-state index in [4.69, 9.17) is 9.16 Å². The lowest BCUT2D eigenvalue weighted by Crippen LogP contribution is -2.48. The van der Waals surface area contributed by atoms with Gasteiger partial charge in [-0.15, -0.1) is 0 Å². The predicted molar refractivity (Wildman–Crippen MR) is 115 cm³/mol. The molecule has 0 aromatic heterocycles. The van der Waals surface area contributed by atoms with Crippen molar-refractivity contribution < 1.29 is 9.16 Å². The van der Waals surface area contributed by atoms with Gasteiger partial charge >= 0.3 is 0 Å². The Morgan fingerprint density at radius 2 is 1.68 bits per heavy atom. The highest BCUT2D eigenvalue weighted by Crippen LogP contribution is 2.46. The van der Waals surface area contributed by atoms with Gasteiger partial charge < -0.3 is 9.16 Å². The maximum atomic E-state index is 6.86. The maximum absolute atomic E-state index is 6.86. The molecule has 0 aromatic rings. The Morgan fingerprint density at radius 1 is 1.16 bits per heavy atom. The zero-order valence-electron chi connectivity index (χ0n) is 17.4. The van der Waals surface area contributed by atoms with Crippen molar-refractivity contribution in [3.8, 4) is 0 Å². The lowest BCUT2D eigenvalue weighted by Gasteiger charge is -2.44. The molecule has 0 N–H and O–H groups in total. The van der Waals surface area contributed by atoms with E-state index in [0.29, 0.717) is 22.6 Å². The fourth-order valence-corrected chi connectivity index (χ4v) is 10.1. The second-order valence-electron chi connectivity index (χ2n) is 8.35. The fraction of sp³-hybridized carbons (Fsp3) is 0.714. The Balaban J connectivity index is 3.29. The molecule has 1 aliphatic rings. The fourth-order valence-electron chi connectivity index (χ4n) is 4.13. The summed E-state index contributed by atoms with van der Waals surface area (Å²) in [7, 11) is -2.06. The van der Waals surface area contributed by atoms with Crippen molar-refractivity contribution >= 4 is 24.2 Å².